The summed E-state index contributed by atoms with van der Waals surface area (Å²) in [5.74, 6) is -0.233. The van der Waals surface area contributed by atoms with Crippen LogP contribution in [0.25, 0.3) is 32.7 Å². The Kier molecular flexibility index (Phi) is 17.9. The fourth-order valence-corrected chi connectivity index (χ4v) is 9.45. The molecule has 0 bridgehead atoms. The Morgan fingerprint density at radius 1 is 0.690 bits per heavy atom. The lowest BCUT2D eigenvalue weighted by atomic mass is 9.87. The van der Waals surface area contributed by atoms with Crippen molar-refractivity contribution < 1.29 is 59.8 Å². The van der Waals surface area contributed by atoms with Crippen LogP contribution < -0.4 is 22.0 Å². The maximum absolute atomic E-state index is 14.6. The molecule has 24 heteroatoms. The van der Waals surface area contributed by atoms with Gasteiger partial charge in [0.1, 0.15) is 54.5 Å². The topological polar surface area (TPSA) is 313 Å². The monoisotopic (exact) mass is 999 g/mol. The fraction of sp³-hybridized carbons (Fsp3) is 0.660. The van der Waals surface area contributed by atoms with E-state index in [4.69, 9.17) is 23.9 Å². The van der Waals surface area contributed by atoms with E-state index in [1.165, 1.54) is 13.8 Å². The summed E-state index contributed by atoms with van der Waals surface area (Å²) in [4.78, 5) is 54.5. The molecule has 7 rings (SSSR count). The van der Waals surface area contributed by atoms with Gasteiger partial charge in [-0.1, -0.05) is 5.21 Å². The molecule has 24 nitrogen and oxygen atoms in total. The average Bonchev–Trinajstić information content (AvgIpc) is 3.79. The normalized spacial score (nSPS) is 25.7. The SMILES string of the molecule is CN(C)CCCc1cc2c(O)n(CCCN(C)C)c(=O)c3c(=NCCCn4cc(CO[C@@H]5O[C@H](CO)[C@@H](O[C@H]6O[C@H](CO)[C@@H](O)[C@H](O)[C@H]6O)[C@H](O)[C@H]5O)nn4)cc4c(=O)n(CCCN(C)C)c(=O)c1c-4c23. The highest BCUT2D eigenvalue weighted by Crippen LogP contribution is 2.39. The summed E-state index contributed by atoms with van der Waals surface area (Å²) in [6.07, 6.45) is -11.7. The molecule has 0 radical (unpaired) electrons. The maximum atomic E-state index is 14.6. The van der Waals surface area contributed by atoms with Crippen LogP contribution in [0.5, 0.6) is 5.88 Å². The number of hydrogen-bond acceptors (Lipinski definition) is 21. The first-order valence-electron chi connectivity index (χ1n) is 24.0. The number of pyridine rings is 2. The van der Waals surface area contributed by atoms with Crippen LogP contribution >= 0.6 is 0 Å². The van der Waals surface area contributed by atoms with Crippen molar-refractivity contribution in [2.45, 2.75) is 120 Å². The largest absolute Gasteiger partial charge is 0.494 e. The van der Waals surface area contributed by atoms with Gasteiger partial charge in [0.15, 0.2) is 12.6 Å². The minimum absolute atomic E-state index is 0.173. The molecule has 5 heterocycles. The number of aryl methyl sites for hydroxylation is 2. The van der Waals surface area contributed by atoms with E-state index >= 15 is 0 Å². The zero-order chi connectivity index (χ0) is 51.4. The van der Waals surface area contributed by atoms with Gasteiger partial charge < -0.3 is 74.5 Å². The van der Waals surface area contributed by atoms with Crippen LogP contribution in [0.3, 0.4) is 0 Å². The Labute approximate surface area is 408 Å². The summed E-state index contributed by atoms with van der Waals surface area (Å²) < 4.78 is 26.6. The molecule has 1 aliphatic carbocycles. The van der Waals surface area contributed by atoms with Crippen molar-refractivity contribution in [3.63, 3.8) is 0 Å². The second-order valence-corrected chi connectivity index (χ2v) is 19.3. The minimum Gasteiger partial charge on any atom is -0.494 e. The van der Waals surface area contributed by atoms with Crippen molar-refractivity contribution in [2.24, 2.45) is 4.99 Å². The quantitative estimate of drug-likeness (QED) is 0.0232. The van der Waals surface area contributed by atoms with Gasteiger partial charge in [0.25, 0.3) is 16.7 Å². The van der Waals surface area contributed by atoms with E-state index in [0.717, 1.165) is 6.54 Å². The highest BCUT2D eigenvalue weighted by atomic mass is 16.7. The van der Waals surface area contributed by atoms with E-state index in [0.29, 0.717) is 84.7 Å². The molecule has 10 atom stereocenters. The molecule has 8 N–H and O–H groups in total. The minimum atomic E-state index is -1.81. The molecule has 1 aromatic carbocycles. The molecule has 2 fully saturated rings. The lowest BCUT2D eigenvalue weighted by Crippen LogP contribution is -2.64. The van der Waals surface area contributed by atoms with E-state index in [1.807, 2.05) is 57.0 Å². The van der Waals surface area contributed by atoms with Crippen molar-refractivity contribution >= 4 is 21.5 Å². The van der Waals surface area contributed by atoms with Crippen LogP contribution in [-0.2, 0) is 51.6 Å². The van der Waals surface area contributed by atoms with Gasteiger partial charge in [-0.3, -0.25) is 33.2 Å². The van der Waals surface area contributed by atoms with E-state index in [2.05, 4.69) is 10.3 Å². The number of aromatic nitrogens is 5. The third-order valence-corrected chi connectivity index (χ3v) is 13.2. The van der Waals surface area contributed by atoms with E-state index in [9.17, 15) is 55.2 Å². The van der Waals surface area contributed by atoms with Crippen molar-refractivity contribution in [2.75, 3.05) is 81.7 Å². The molecule has 392 valence electrons. The molecule has 4 aliphatic rings. The highest BCUT2D eigenvalue weighted by molar-refractivity contribution is 6.16. The van der Waals surface area contributed by atoms with Crippen molar-refractivity contribution in [3.05, 3.63) is 66.0 Å². The van der Waals surface area contributed by atoms with Gasteiger partial charge in [-0.05, 0) is 112 Å². The van der Waals surface area contributed by atoms with Crippen LogP contribution in [0, 0.1) is 0 Å². The predicted molar refractivity (Wildman–Crippen MR) is 256 cm³/mol. The molecule has 3 aliphatic heterocycles. The number of aliphatic hydroxyl groups excluding tert-OH is 7. The predicted octanol–water partition coefficient (Wildman–Crippen LogP) is -3.52. The Morgan fingerprint density at radius 3 is 1.97 bits per heavy atom. The van der Waals surface area contributed by atoms with Gasteiger partial charge in [-0.25, -0.2) is 0 Å². The van der Waals surface area contributed by atoms with E-state index in [-0.39, 0.29) is 48.4 Å². The number of aliphatic hydroxyl groups is 7. The summed E-state index contributed by atoms with van der Waals surface area (Å²) in [5.41, 5.74) is 0.193. The standard InChI is InChI=1S/C47H69N9O15/c1-51(2)13-7-11-25-19-27-34-33-28(43(65)55(44(66)32(25)33)17-9-14-52(3)4)20-29(35(34)45(67)56(42(27)64)18-10-15-53(5)6)48-12-8-16-54-21-26(49-50-54)24-68-46-40(63)38(61)41(31(23-58)70-46)71-47-39(62)37(60)36(59)30(22-57)69-47/h19-21,30-31,36-41,46-47,57-64H,7-18,22-24H2,1-6H3/t30-,31-,36-,37+,38-,39-,40-,41-,46-,47-/m1/s1. The van der Waals surface area contributed by atoms with Gasteiger partial charge in [0.05, 0.1) is 47.7 Å². The summed E-state index contributed by atoms with van der Waals surface area (Å²) >= 11 is 0. The Hall–Kier alpha value is -4.64. The summed E-state index contributed by atoms with van der Waals surface area (Å²) in [6, 6.07) is 3.41. The van der Waals surface area contributed by atoms with Crippen molar-refractivity contribution in [1.29, 1.82) is 0 Å². The maximum Gasteiger partial charge on any atom is 0.263 e. The average molecular weight is 1000 g/mol. The Bertz CT molecular complexity index is 2760. The van der Waals surface area contributed by atoms with E-state index < -0.39 is 91.3 Å². The van der Waals surface area contributed by atoms with Crippen LogP contribution in [0.1, 0.15) is 36.9 Å². The number of aromatic hydroxyl groups is 1. The number of nitrogens with zero attached hydrogens (tertiary/aromatic N) is 9. The molecule has 71 heavy (non-hydrogen) atoms. The summed E-state index contributed by atoms with van der Waals surface area (Å²) in [6.45, 7) is 1.22. The first-order valence-corrected chi connectivity index (χ1v) is 24.0. The number of rotatable bonds is 23. The molecule has 0 spiro atoms. The van der Waals surface area contributed by atoms with Crippen molar-refractivity contribution in [3.8, 4) is 17.0 Å². The third kappa shape index (κ3) is 11.6. The molecule has 0 amide bonds. The zero-order valence-corrected chi connectivity index (χ0v) is 41.1. The summed E-state index contributed by atoms with van der Waals surface area (Å²) in [5, 5.41) is 93.9. The number of hydrogen-bond donors (Lipinski definition) is 8. The summed E-state index contributed by atoms with van der Waals surface area (Å²) in [7, 11) is 11.6. The second kappa shape index (κ2) is 23.5. The van der Waals surface area contributed by atoms with Crippen LogP contribution in [0.15, 0.2) is 37.7 Å². The lowest BCUT2D eigenvalue weighted by Gasteiger charge is -2.45. The number of ether oxygens (including phenoxy) is 4. The van der Waals surface area contributed by atoms with Gasteiger partial charge >= 0.3 is 0 Å². The van der Waals surface area contributed by atoms with Crippen LogP contribution in [0.4, 0.5) is 0 Å². The lowest BCUT2D eigenvalue weighted by molar-refractivity contribution is -0.360. The molecular weight excluding hydrogens is 931 g/mol. The van der Waals surface area contributed by atoms with Gasteiger partial charge in [0, 0.05) is 42.5 Å². The highest BCUT2D eigenvalue weighted by Gasteiger charge is 2.51. The van der Waals surface area contributed by atoms with Gasteiger partial charge in [-0.15, -0.1) is 5.10 Å². The zero-order valence-electron chi connectivity index (χ0n) is 41.1. The Balaban J connectivity index is 1.13. The molecule has 2 aromatic heterocycles. The van der Waals surface area contributed by atoms with Crippen LogP contribution in [0.2, 0.25) is 0 Å². The molecule has 3 aromatic rings. The number of benzene rings is 2. The first-order chi connectivity index (χ1) is 33.9. The van der Waals surface area contributed by atoms with E-state index in [1.54, 1.807) is 18.3 Å². The van der Waals surface area contributed by atoms with Crippen LogP contribution in [-0.4, -0.2) is 223 Å². The first kappa shape index (κ1) is 54.1. The van der Waals surface area contributed by atoms with Gasteiger partial charge in [0.2, 0.25) is 5.88 Å². The third-order valence-electron chi connectivity index (χ3n) is 13.2. The molecule has 0 saturated carbocycles. The smallest absolute Gasteiger partial charge is 0.263 e. The van der Waals surface area contributed by atoms with Crippen molar-refractivity contribution in [1.82, 2.24) is 38.8 Å². The Morgan fingerprint density at radius 2 is 1.31 bits per heavy atom. The molecular formula is C47H69N9O15. The fourth-order valence-electron chi connectivity index (χ4n) is 9.45. The van der Waals surface area contributed by atoms with Gasteiger partial charge in [-0.2, -0.15) is 0 Å². The molecule has 0 unspecified atom stereocenters. The second-order valence-electron chi connectivity index (χ2n) is 19.3. The molecule has 2 saturated heterocycles.